The van der Waals surface area contributed by atoms with Gasteiger partial charge in [0.2, 0.25) is 0 Å². The van der Waals surface area contributed by atoms with E-state index in [2.05, 4.69) is 546 Å². The molecule has 6 aromatic heterocycles. The van der Waals surface area contributed by atoms with Crippen molar-refractivity contribution in [3.63, 3.8) is 0 Å². The molecule has 0 aliphatic heterocycles. The molecule has 10 heteroatoms. The van der Waals surface area contributed by atoms with Gasteiger partial charge in [-0.1, -0.05) is 308 Å². The van der Waals surface area contributed by atoms with Crippen molar-refractivity contribution in [2.24, 2.45) is 0 Å². The number of nitrogens with zero attached hydrogens (tertiary/aromatic N) is 6. The van der Waals surface area contributed by atoms with Gasteiger partial charge in [-0.05, 0) is 320 Å². The Morgan fingerprint density at radius 1 is 0.203 bits per heavy atom. The quantitative estimate of drug-likeness (QED) is 0.0798. The number of rotatable bonds is 18. The standard InChI is InChI=1S/C70H45N3O2.C68H65N3Si2/c1-42-16-12-24-54-56-26-14-28-62(69(56)74-67(42)54)71(50-20-8-4-9-21-50)52-32-30-45-36-58-60-38-49(44-18-6-3-7-19-44)39-61-59-37-46-31-33-53(35-48(46)41-65(59)73(66(60)61)64(58)40-47(45)34-52)72(51-22-10-5-11-23-51)63-29-15-27-57-55-25-13-17-43(2)68(55)75-70(57)63;1-44(2)46-16-22-54(23-17-46)69(56-28-32-60(33-29-56)72(5,6)7)58-26-20-49-38-62-64-40-53(48-14-12-11-13-15-48)41-65-63-39-50-21-27-59(37-52(50)43-67(63)71(68(64)65)66(62)42-51(49)36-58)70(55-24-18-47(19-25-55)45(3)4)57-30-34-61(35-31-57)73(8,9)10/h3-41H,1-2H3;11-45H,1-10H3. The molecule has 0 radical (unpaired) electrons. The van der Waals surface area contributed by atoms with Crippen LogP contribution in [0, 0.1) is 13.8 Å². The summed E-state index contributed by atoms with van der Waals surface area (Å²) in [5.41, 5.74) is 33.9. The maximum absolute atomic E-state index is 6.80. The predicted octanol–water partition coefficient (Wildman–Crippen LogP) is 39.3. The van der Waals surface area contributed by atoms with Crippen LogP contribution in [0.15, 0.2) is 446 Å². The van der Waals surface area contributed by atoms with Crippen molar-refractivity contribution in [3.05, 3.63) is 459 Å². The van der Waals surface area contributed by atoms with Crippen LogP contribution in [0.1, 0.15) is 61.8 Å². The molecule has 0 N–H and O–H groups in total. The molecule has 0 spiro atoms. The lowest BCUT2D eigenvalue weighted by molar-refractivity contribution is 0.665. The van der Waals surface area contributed by atoms with E-state index in [1.807, 2.05) is 0 Å². The van der Waals surface area contributed by atoms with Crippen LogP contribution in [0.2, 0.25) is 39.3 Å². The molecule has 0 fully saturated rings. The van der Waals surface area contributed by atoms with Gasteiger partial charge in [-0.2, -0.15) is 0 Å². The lowest BCUT2D eigenvalue weighted by Gasteiger charge is -2.27. The molecule has 148 heavy (non-hydrogen) atoms. The van der Waals surface area contributed by atoms with Crippen molar-refractivity contribution in [2.45, 2.75) is 92.7 Å². The molecule has 0 saturated carbocycles. The first-order valence-corrected chi connectivity index (χ1v) is 59.0. The fourth-order valence-corrected chi connectivity index (χ4v) is 25.9. The first kappa shape index (κ1) is 89.6. The Hall–Kier alpha value is -17.3. The van der Waals surface area contributed by atoms with Gasteiger partial charge >= 0.3 is 0 Å². The normalized spacial score (nSPS) is 12.3. The van der Waals surface area contributed by atoms with Crippen LogP contribution in [0.5, 0.6) is 0 Å². The minimum Gasteiger partial charge on any atom is -0.454 e. The second-order valence-electron chi connectivity index (χ2n) is 43.4. The third kappa shape index (κ3) is 15.0. The van der Waals surface area contributed by atoms with Gasteiger partial charge in [0.25, 0.3) is 0 Å². The molecular weight excluding hydrogens is 1830 g/mol. The first-order valence-electron chi connectivity index (χ1n) is 52.0. The summed E-state index contributed by atoms with van der Waals surface area (Å²) in [6, 6.07) is 163. The van der Waals surface area contributed by atoms with Gasteiger partial charge in [0.1, 0.15) is 11.2 Å². The van der Waals surface area contributed by atoms with Crippen molar-refractivity contribution >= 4 is 258 Å². The van der Waals surface area contributed by atoms with E-state index in [1.54, 1.807) is 0 Å². The van der Waals surface area contributed by atoms with Gasteiger partial charge in [-0.25, -0.2) is 0 Å². The molecule has 28 aromatic rings. The molecular formula is C138H110N6O2Si2. The maximum Gasteiger partial charge on any atom is 0.159 e. The average Bonchev–Trinajstić information content (AvgIpc) is 1.53. The molecule has 0 amide bonds. The Morgan fingerprint density at radius 3 is 0.764 bits per heavy atom. The number of para-hydroxylation sites is 6. The van der Waals surface area contributed by atoms with Crippen LogP contribution in [-0.2, 0) is 0 Å². The smallest absolute Gasteiger partial charge is 0.159 e. The van der Waals surface area contributed by atoms with Crippen molar-refractivity contribution in [2.75, 3.05) is 19.6 Å². The third-order valence-electron chi connectivity index (χ3n) is 31.3. The molecule has 712 valence electrons. The Morgan fingerprint density at radius 2 is 0.466 bits per heavy atom. The second kappa shape index (κ2) is 34.7. The number of anilines is 12. The highest BCUT2D eigenvalue weighted by atomic mass is 28.3. The first-order chi connectivity index (χ1) is 72.1. The van der Waals surface area contributed by atoms with Gasteiger partial charge in [0, 0.05) is 122 Å². The summed E-state index contributed by atoms with van der Waals surface area (Å²) in [7, 11) is -2.97. The number of furan rings is 2. The molecule has 22 aromatic carbocycles. The summed E-state index contributed by atoms with van der Waals surface area (Å²) in [4.78, 5) is 9.55. The second-order valence-corrected chi connectivity index (χ2v) is 53.5. The molecule has 0 saturated heterocycles. The van der Waals surface area contributed by atoms with Gasteiger partial charge in [0.05, 0.1) is 60.6 Å². The van der Waals surface area contributed by atoms with Crippen LogP contribution in [-0.4, -0.2) is 24.9 Å². The van der Waals surface area contributed by atoms with Crippen molar-refractivity contribution in [1.29, 1.82) is 0 Å². The number of aromatic nitrogens is 2. The highest BCUT2D eigenvalue weighted by Gasteiger charge is 2.30. The van der Waals surface area contributed by atoms with E-state index in [-0.39, 0.29) is 0 Å². The molecule has 0 unspecified atom stereocenters. The van der Waals surface area contributed by atoms with Crippen LogP contribution in [0.3, 0.4) is 0 Å². The fourth-order valence-electron chi connectivity index (χ4n) is 23.5. The summed E-state index contributed by atoms with van der Waals surface area (Å²) in [5, 5.41) is 27.0. The number of fused-ring (bicyclic) bond motifs is 22. The van der Waals surface area contributed by atoms with Crippen molar-refractivity contribution in [1.82, 2.24) is 8.80 Å². The fraction of sp³-hybridized carbons (Fsp3) is 0.101. The number of hydrogen-bond donors (Lipinski definition) is 0. The van der Waals surface area contributed by atoms with Crippen molar-refractivity contribution < 1.29 is 8.83 Å². The minimum absolute atomic E-state index is 0.463. The molecule has 0 bridgehead atoms. The van der Waals surface area contributed by atoms with Gasteiger partial charge in [-0.3, -0.25) is 0 Å². The highest BCUT2D eigenvalue weighted by Crippen LogP contribution is 2.53. The summed E-state index contributed by atoms with van der Waals surface area (Å²) in [6.07, 6.45) is 0. The number of aryl methyl sites for hydroxylation is 2. The topological polar surface area (TPSA) is 48.1 Å². The van der Waals surface area contributed by atoms with E-state index in [9.17, 15) is 0 Å². The zero-order valence-electron chi connectivity index (χ0n) is 85.2. The van der Waals surface area contributed by atoms with E-state index in [0.29, 0.717) is 11.8 Å². The molecule has 0 atom stereocenters. The molecule has 0 aliphatic rings. The van der Waals surface area contributed by atoms with Gasteiger partial charge in [-0.15, -0.1) is 0 Å². The van der Waals surface area contributed by atoms with E-state index in [0.717, 1.165) is 123 Å². The maximum atomic E-state index is 6.80. The third-order valence-corrected chi connectivity index (χ3v) is 35.5. The molecule has 6 heterocycles. The van der Waals surface area contributed by atoms with Gasteiger partial charge < -0.3 is 37.2 Å². The van der Waals surface area contributed by atoms with Crippen molar-refractivity contribution in [3.8, 4) is 22.3 Å². The molecule has 28 rings (SSSR count). The lowest BCUT2D eigenvalue weighted by Crippen LogP contribution is -2.37. The Labute approximate surface area is 862 Å². The summed E-state index contributed by atoms with van der Waals surface area (Å²) < 4.78 is 18.7. The summed E-state index contributed by atoms with van der Waals surface area (Å²) >= 11 is 0. The molecule has 8 nitrogen and oxygen atoms in total. The SMILES string of the molecule is CC(C)c1ccc(N(c2ccc([Si](C)(C)C)cc2)c2ccc3cc4c5cc(-c6ccccc6)cc6c7cc8ccc(N(c9ccc(C(C)C)cc9)c9ccc([Si](C)(C)C)cc9)cc8cc7n(c4cc3c2)c56)cc1.Cc1cccc2c1oc1c(N(c3ccccc3)c3ccc4cc5c6cc(-c7ccccc7)cc7c8cc9ccc(N(c%10ccccc%10)c%10cccc%11c%10oc%10c(C)cccc%10%11)cc9cc8n(c5cc4c3)c67)cccc12. The van der Waals surface area contributed by atoms with Gasteiger partial charge in [0.15, 0.2) is 11.2 Å². The Balaban J connectivity index is 0.000000146. The van der Waals surface area contributed by atoms with Crippen LogP contribution in [0.25, 0.3) is 185 Å². The Bertz CT molecular complexity index is 9610. The number of benzene rings is 22. The molecule has 0 aliphatic carbocycles. The zero-order chi connectivity index (χ0) is 100.0. The Kier molecular flexibility index (Phi) is 21.0. The van der Waals surface area contributed by atoms with Crippen LogP contribution in [0.4, 0.5) is 68.2 Å². The average molecular weight is 1940 g/mol. The highest BCUT2D eigenvalue weighted by molar-refractivity contribution is 6.89. The van der Waals surface area contributed by atoms with Crippen LogP contribution >= 0.6 is 0 Å². The van der Waals surface area contributed by atoms with E-state index in [4.69, 9.17) is 8.83 Å². The largest absolute Gasteiger partial charge is 0.454 e. The lowest BCUT2D eigenvalue weighted by atomic mass is 9.97. The summed E-state index contributed by atoms with van der Waals surface area (Å²) in [6.45, 7) is 27.8. The monoisotopic (exact) mass is 1940 g/mol. The zero-order valence-corrected chi connectivity index (χ0v) is 87.2. The predicted molar refractivity (Wildman–Crippen MR) is 640 cm³/mol. The summed E-state index contributed by atoms with van der Waals surface area (Å²) in [5.74, 6) is 0.926. The van der Waals surface area contributed by atoms with E-state index in [1.165, 1.54) is 164 Å². The number of hydrogen-bond acceptors (Lipinski definition) is 6. The van der Waals surface area contributed by atoms with Crippen LogP contribution < -0.4 is 30.0 Å². The minimum atomic E-state index is -1.49. The van der Waals surface area contributed by atoms with E-state index < -0.39 is 16.1 Å². The van der Waals surface area contributed by atoms with E-state index >= 15 is 0 Å².